The molecule has 0 aromatic carbocycles. The molecule has 0 saturated heterocycles. The van der Waals surface area contributed by atoms with Gasteiger partial charge in [0.15, 0.2) is 0 Å². The fourth-order valence-electron chi connectivity index (χ4n) is 3.66. The SMILES string of the molecule is CCCC1CCC(CNC(C)C)C(c2cncc(F)c2)C1. The molecule has 1 fully saturated rings. The summed E-state index contributed by atoms with van der Waals surface area (Å²) in [6.45, 7) is 7.64. The molecular weight excluding hydrogens is 263 g/mol. The molecule has 1 aliphatic carbocycles. The molecule has 118 valence electrons. The molecule has 1 aromatic rings. The molecular formula is C18H29FN2. The van der Waals surface area contributed by atoms with Crippen molar-refractivity contribution in [1.29, 1.82) is 0 Å². The molecule has 0 bridgehead atoms. The minimum absolute atomic E-state index is 0.208. The Morgan fingerprint density at radius 2 is 2.14 bits per heavy atom. The van der Waals surface area contributed by atoms with E-state index in [1.165, 1.54) is 38.3 Å². The second-order valence-electron chi connectivity index (χ2n) is 6.83. The lowest BCUT2D eigenvalue weighted by atomic mass is 9.70. The minimum Gasteiger partial charge on any atom is -0.314 e. The van der Waals surface area contributed by atoms with Gasteiger partial charge in [0.25, 0.3) is 0 Å². The van der Waals surface area contributed by atoms with E-state index in [2.05, 4.69) is 31.1 Å². The van der Waals surface area contributed by atoms with Crippen LogP contribution in [0.4, 0.5) is 4.39 Å². The van der Waals surface area contributed by atoms with E-state index < -0.39 is 0 Å². The first kappa shape index (κ1) is 16.4. The Balaban J connectivity index is 2.11. The zero-order valence-corrected chi connectivity index (χ0v) is 13.6. The lowest BCUT2D eigenvalue weighted by Crippen LogP contribution is -2.35. The zero-order valence-electron chi connectivity index (χ0n) is 13.6. The molecule has 1 heterocycles. The smallest absolute Gasteiger partial charge is 0.141 e. The number of nitrogens with zero attached hydrogens (tertiary/aromatic N) is 1. The van der Waals surface area contributed by atoms with E-state index in [4.69, 9.17) is 0 Å². The molecule has 1 saturated carbocycles. The van der Waals surface area contributed by atoms with E-state index in [1.807, 2.05) is 6.20 Å². The highest BCUT2D eigenvalue weighted by Crippen LogP contribution is 2.41. The van der Waals surface area contributed by atoms with Gasteiger partial charge in [0.05, 0.1) is 6.20 Å². The lowest BCUT2D eigenvalue weighted by Gasteiger charge is -2.37. The largest absolute Gasteiger partial charge is 0.314 e. The van der Waals surface area contributed by atoms with Gasteiger partial charge >= 0.3 is 0 Å². The van der Waals surface area contributed by atoms with Crippen LogP contribution in [0.5, 0.6) is 0 Å². The Labute approximate surface area is 128 Å². The normalized spacial score (nSPS) is 26.2. The maximum Gasteiger partial charge on any atom is 0.141 e. The molecule has 3 heteroatoms. The van der Waals surface area contributed by atoms with E-state index in [0.29, 0.717) is 17.9 Å². The van der Waals surface area contributed by atoms with Gasteiger partial charge in [-0.3, -0.25) is 4.98 Å². The van der Waals surface area contributed by atoms with E-state index in [0.717, 1.165) is 18.0 Å². The van der Waals surface area contributed by atoms with Gasteiger partial charge in [0.2, 0.25) is 0 Å². The average molecular weight is 292 g/mol. The van der Waals surface area contributed by atoms with Gasteiger partial charge in [-0.25, -0.2) is 4.39 Å². The van der Waals surface area contributed by atoms with Crippen LogP contribution in [-0.4, -0.2) is 17.6 Å². The van der Waals surface area contributed by atoms with Crippen LogP contribution >= 0.6 is 0 Å². The average Bonchev–Trinajstić information content (AvgIpc) is 2.46. The summed E-state index contributed by atoms with van der Waals surface area (Å²) in [4.78, 5) is 4.06. The van der Waals surface area contributed by atoms with E-state index in [1.54, 1.807) is 6.07 Å². The zero-order chi connectivity index (χ0) is 15.2. The van der Waals surface area contributed by atoms with Gasteiger partial charge in [-0.2, -0.15) is 0 Å². The molecule has 1 N–H and O–H groups in total. The summed E-state index contributed by atoms with van der Waals surface area (Å²) in [5, 5.41) is 3.56. The Bertz CT molecular complexity index is 433. The van der Waals surface area contributed by atoms with E-state index >= 15 is 0 Å². The molecule has 0 radical (unpaired) electrons. The van der Waals surface area contributed by atoms with Crippen LogP contribution in [-0.2, 0) is 0 Å². The number of nitrogens with one attached hydrogen (secondary N) is 1. The maximum absolute atomic E-state index is 13.5. The third kappa shape index (κ3) is 4.77. The van der Waals surface area contributed by atoms with Gasteiger partial charge in [-0.1, -0.05) is 40.0 Å². The van der Waals surface area contributed by atoms with Crippen molar-refractivity contribution in [2.45, 2.75) is 64.8 Å². The summed E-state index contributed by atoms with van der Waals surface area (Å²) in [5.41, 5.74) is 1.09. The topological polar surface area (TPSA) is 24.9 Å². The van der Waals surface area contributed by atoms with Crippen LogP contribution in [0, 0.1) is 17.7 Å². The summed E-state index contributed by atoms with van der Waals surface area (Å²) in [6.07, 6.45) is 9.45. The van der Waals surface area contributed by atoms with Gasteiger partial charge in [0.1, 0.15) is 5.82 Å². The van der Waals surface area contributed by atoms with Gasteiger partial charge < -0.3 is 5.32 Å². The second-order valence-corrected chi connectivity index (χ2v) is 6.83. The Morgan fingerprint density at radius 1 is 1.33 bits per heavy atom. The van der Waals surface area contributed by atoms with Crippen molar-refractivity contribution in [2.75, 3.05) is 6.54 Å². The molecule has 3 atom stereocenters. The highest BCUT2D eigenvalue weighted by Gasteiger charge is 2.31. The van der Waals surface area contributed by atoms with Crippen LogP contribution in [0.2, 0.25) is 0 Å². The Morgan fingerprint density at radius 3 is 2.81 bits per heavy atom. The van der Waals surface area contributed by atoms with Crippen molar-refractivity contribution in [2.24, 2.45) is 11.8 Å². The van der Waals surface area contributed by atoms with E-state index in [9.17, 15) is 4.39 Å². The van der Waals surface area contributed by atoms with Crippen molar-refractivity contribution in [3.63, 3.8) is 0 Å². The Hall–Kier alpha value is -0.960. The number of hydrogen-bond acceptors (Lipinski definition) is 2. The summed E-state index contributed by atoms with van der Waals surface area (Å²) in [7, 11) is 0. The lowest BCUT2D eigenvalue weighted by molar-refractivity contribution is 0.217. The monoisotopic (exact) mass is 292 g/mol. The molecule has 2 rings (SSSR count). The highest BCUT2D eigenvalue weighted by atomic mass is 19.1. The first-order valence-corrected chi connectivity index (χ1v) is 8.44. The number of halogens is 1. The first-order chi connectivity index (χ1) is 10.1. The molecule has 1 aliphatic rings. The molecule has 0 amide bonds. The van der Waals surface area contributed by atoms with Crippen LogP contribution in [0.1, 0.15) is 64.4 Å². The fourth-order valence-corrected chi connectivity index (χ4v) is 3.66. The number of hydrogen-bond donors (Lipinski definition) is 1. The molecule has 0 aliphatic heterocycles. The van der Waals surface area contributed by atoms with Crippen LogP contribution < -0.4 is 5.32 Å². The number of pyridine rings is 1. The molecule has 1 aromatic heterocycles. The summed E-state index contributed by atoms with van der Waals surface area (Å²) < 4.78 is 13.5. The molecule has 0 spiro atoms. The third-order valence-electron chi connectivity index (χ3n) is 4.74. The van der Waals surface area contributed by atoms with Gasteiger partial charge in [-0.15, -0.1) is 0 Å². The van der Waals surface area contributed by atoms with Gasteiger partial charge in [0, 0.05) is 12.2 Å². The third-order valence-corrected chi connectivity index (χ3v) is 4.74. The van der Waals surface area contributed by atoms with Crippen molar-refractivity contribution in [3.8, 4) is 0 Å². The van der Waals surface area contributed by atoms with Crippen molar-refractivity contribution in [1.82, 2.24) is 10.3 Å². The molecule has 3 unspecified atom stereocenters. The fraction of sp³-hybridized carbons (Fsp3) is 0.722. The van der Waals surface area contributed by atoms with Crippen LogP contribution in [0.25, 0.3) is 0 Å². The van der Waals surface area contributed by atoms with Crippen LogP contribution in [0.15, 0.2) is 18.5 Å². The van der Waals surface area contributed by atoms with Crippen LogP contribution in [0.3, 0.4) is 0 Å². The maximum atomic E-state index is 13.5. The predicted octanol–water partition coefficient (Wildman–Crippen LogP) is 4.52. The number of aromatic nitrogens is 1. The van der Waals surface area contributed by atoms with Gasteiger partial charge in [-0.05, 0) is 48.8 Å². The second kappa shape index (κ2) is 7.88. The molecule has 2 nitrogen and oxygen atoms in total. The highest BCUT2D eigenvalue weighted by molar-refractivity contribution is 5.18. The summed E-state index contributed by atoms with van der Waals surface area (Å²) in [5.74, 6) is 1.63. The van der Waals surface area contributed by atoms with E-state index in [-0.39, 0.29) is 5.82 Å². The van der Waals surface area contributed by atoms with Crippen molar-refractivity contribution >= 4 is 0 Å². The standard InChI is InChI=1S/C18H29FN2/c1-4-5-14-6-7-15(11-21-13(2)3)18(8-14)16-9-17(19)12-20-10-16/h9-10,12-15,18,21H,4-8,11H2,1-3H3. The molecule has 21 heavy (non-hydrogen) atoms. The van der Waals surface area contributed by atoms with Crippen molar-refractivity contribution < 1.29 is 4.39 Å². The quantitative estimate of drug-likeness (QED) is 0.834. The van der Waals surface area contributed by atoms with Crippen molar-refractivity contribution in [3.05, 3.63) is 29.8 Å². The summed E-state index contributed by atoms with van der Waals surface area (Å²) >= 11 is 0. The Kier molecular flexibility index (Phi) is 6.16. The summed E-state index contributed by atoms with van der Waals surface area (Å²) in [6, 6.07) is 2.19. The first-order valence-electron chi connectivity index (χ1n) is 8.44. The predicted molar refractivity (Wildman–Crippen MR) is 85.8 cm³/mol. The minimum atomic E-state index is -0.208. The number of rotatable bonds is 6.